The van der Waals surface area contributed by atoms with E-state index in [1.165, 1.54) is 0 Å². The van der Waals surface area contributed by atoms with Crippen molar-refractivity contribution < 1.29 is 9.59 Å². The Kier molecular flexibility index (Phi) is 4.67. The molecule has 19 heavy (non-hydrogen) atoms. The zero-order chi connectivity index (χ0) is 14.6. The second kappa shape index (κ2) is 5.84. The topological polar surface area (TPSA) is 84.2 Å². The van der Waals surface area contributed by atoms with Gasteiger partial charge in [0.05, 0.1) is 5.41 Å². The molecule has 4 N–H and O–H groups in total. The van der Waals surface area contributed by atoms with Gasteiger partial charge in [0.15, 0.2) is 0 Å². The number of hydrogen-bond donors (Lipinski definition) is 3. The molecule has 0 spiro atoms. The minimum absolute atomic E-state index is 0.160. The molecule has 1 aromatic carbocycles. The predicted octanol–water partition coefficient (Wildman–Crippen LogP) is 1.28. The lowest BCUT2D eigenvalue weighted by Crippen LogP contribution is -2.37. The highest BCUT2D eigenvalue weighted by Crippen LogP contribution is 2.21. The van der Waals surface area contributed by atoms with Crippen LogP contribution in [0.4, 0.5) is 5.69 Å². The van der Waals surface area contributed by atoms with Crippen molar-refractivity contribution in [2.24, 2.45) is 11.1 Å². The van der Waals surface area contributed by atoms with Crippen LogP contribution < -0.4 is 16.4 Å². The molecule has 0 heterocycles. The van der Waals surface area contributed by atoms with E-state index >= 15 is 0 Å². The third kappa shape index (κ3) is 3.54. The Morgan fingerprint density at radius 2 is 1.95 bits per heavy atom. The van der Waals surface area contributed by atoms with Gasteiger partial charge in [0, 0.05) is 24.8 Å². The fraction of sp³-hybridized carbons (Fsp3) is 0.429. The first-order valence-electron chi connectivity index (χ1n) is 6.16. The van der Waals surface area contributed by atoms with Crippen LogP contribution in [0.5, 0.6) is 0 Å². The summed E-state index contributed by atoms with van der Waals surface area (Å²) >= 11 is 0. The zero-order valence-corrected chi connectivity index (χ0v) is 11.8. The Morgan fingerprint density at radius 1 is 1.32 bits per heavy atom. The van der Waals surface area contributed by atoms with Crippen LogP contribution in [-0.2, 0) is 4.79 Å². The Bertz CT molecular complexity index is 495. The molecule has 0 unspecified atom stereocenters. The summed E-state index contributed by atoms with van der Waals surface area (Å²) in [6.45, 7) is 5.69. The Hall–Kier alpha value is -1.88. The number of nitrogens with one attached hydrogen (secondary N) is 2. The summed E-state index contributed by atoms with van der Waals surface area (Å²) in [5.41, 5.74) is 6.97. The maximum Gasteiger partial charge on any atom is 0.251 e. The number of rotatable bonds is 4. The normalized spacial score (nSPS) is 11.0. The molecule has 0 aliphatic heterocycles. The highest BCUT2D eigenvalue weighted by atomic mass is 16.2. The molecule has 1 rings (SSSR count). The number of aryl methyl sites for hydroxylation is 1. The van der Waals surface area contributed by atoms with Gasteiger partial charge in [-0.25, -0.2) is 0 Å². The summed E-state index contributed by atoms with van der Waals surface area (Å²) in [4.78, 5) is 23.6. The molecular weight excluding hydrogens is 242 g/mol. The van der Waals surface area contributed by atoms with Crippen molar-refractivity contribution in [1.29, 1.82) is 0 Å². The first-order chi connectivity index (χ1) is 8.81. The molecule has 0 aliphatic carbocycles. The van der Waals surface area contributed by atoms with Gasteiger partial charge in [-0.15, -0.1) is 0 Å². The number of carbonyl (C=O) groups excluding carboxylic acids is 2. The number of anilines is 1. The molecule has 2 amide bonds. The van der Waals surface area contributed by atoms with Crippen LogP contribution in [-0.4, -0.2) is 25.4 Å². The lowest BCUT2D eigenvalue weighted by atomic mass is 9.92. The van der Waals surface area contributed by atoms with Crippen LogP contribution in [0.15, 0.2) is 18.2 Å². The van der Waals surface area contributed by atoms with Crippen LogP contribution in [0.25, 0.3) is 0 Å². The van der Waals surface area contributed by atoms with Gasteiger partial charge in [-0.1, -0.05) is 6.07 Å². The third-order valence-electron chi connectivity index (χ3n) is 3.10. The first kappa shape index (κ1) is 15.2. The standard InChI is InChI=1S/C14H21N3O2/c1-9-5-6-10(12(18)16-4)7-11(9)17-13(19)14(2,3)8-15/h5-7H,8,15H2,1-4H3,(H,16,18)(H,17,19). The summed E-state index contributed by atoms with van der Waals surface area (Å²) in [5.74, 6) is -0.347. The third-order valence-corrected chi connectivity index (χ3v) is 3.10. The fourth-order valence-corrected chi connectivity index (χ4v) is 1.43. The van der Waals surface area contributed by atoms with Gasteiger partial charge in [-0.2, -0.15) is 0 Å². The Labute approximate surface area is 113 Å². The molecule has 0 bridgehead atoms. The van der Waals surface area contributed by atoms with E-state index in [0.717, 1.165) is 5.56 Å². The van der Waals surface area contributed by atoms with E-state index in [1.807, 2.05) is 6.92 Å². The molecule has 0 fully saturated rings. The van der Waals surface area contributed by atoms with Gasteiger partial charge in [-0.3, -0.25) is 9.59 Å². The van der Waals surface area contributed by atoms with E-state index in [9.17, 15) is 9.59 Å². The summed E-state index contributed by atoms with van der Waals surface area (Å²) in [5, 5.41) is 5.37. The van der Waals surface area contributed by atoms with Crippen LogP contribution in [0.2, 0.25) is 0 Å². The van der Waals surface area contributed by atoms with E-state index in [1.54, 1.807) is 39.1 Å². The minimum atomic E-state index is -0.643. The van der Waals surface area contributed by atoms with E-state index < -0.39 is 5.41 Å². The quantitative estimate of drug-likeness (QED) is 0.765. The van der Waals surface area contributed by atoms with Gasteiger partial charge < -0.3 is 16.4 Å². The molecule has 0 aliphatic rings. The smallest absolute Gasteiger partial charge is 0.251 e. The second-order valence-electron chi connectivity index (χ2n) is 5.15. The van der Waals surface area contributed by atoms with Gasteiger partial charge in [-0.05, 0) is 38.5 Å². The largest absolute Gasteiger partial charge is 0.355 e. The molecule has 0 saturated carbocycles. The zero-order valence-electron chi connectivity index (χ0n) is 11.8. The second-order valence-corrected chi connectivity index (χ2v) is 5.15. The molecule has 0 radical (unpaired) electrons. The van der Waals surface area contributed by atoms with Crippen LogP contribution >= 0.6 is 0 Å². The van der Waals surface area contributed by atoms with Crippen molar-refractivity contribution in [3.05, 3.63) is 29.3 Å². The van der Waals surface area contributed by atoms with E-state index in [-0.39, 0.29) is 18.4 Å². The monoisotopic (exact) mass is 263 g/mol. The average Bonchev–Trinajstić information content (AvgIpc) is 2.40. The van der Waals surface area contributed by atoms with Crippen LogP contribution in [0.3, 0.4) is 0 Å². The van der Waals surface area contributed by atoms with Gasteiger partial charge in [0.25, 0.3) is 5.91 Å². The molecular formula is C14H21N3O2. The number of nitrogens with two attached hydrogens (primary N) is 1. The van der Waals surface area contributed by atoms with Gasteiger partial charge in [0.2, 0.25) is 5.91 Å². The lowest BCUT2D eigenvalue weighted by Gasteiger charge is -2.22. The Balaban J connectivity index is 3.01. The van der Waals surface area contributed by atoms with Crippen molar-refractivity contribution in [3.63, 3.8) is 0 Å². The lowest BCUT2D eigenvalue weighted by molar-refractivity contribution is -0.123. The SMILES string of the molecule is CNC(=O)c1ccc(C)c(NC(=O)C(C)(C)CN)c1. The number of hydrogen-bond acceptors (Lipinski definition) is 3. The highest BCUT2D eigenvalue weighted by molar-refractivity contribution is 5.99. The maximum atomic E-state index is 12.1. The van der Waals surface area contributed by atoms with Gasteiger partial charge >= 0.3 is 0 Å². The molecule has 5 nitrogen and oxygen atoms in total. The molecule has 5 heteroatoms. The van der Waals surface area contributed by atoms with Crippen molar-refractivity contribution in [3.8, 4) is 0 Å². The average molecular weight is 263 g/mol. The minimum Gasteiger partial charge on any atom is -0.355 e. The van der Waals surface area contributed by atoms with Crippen molar-refractivity contribution in [2.75, 3.05) is 18.9 Å². The summed E-state index contributed by atoms with van der Waals surface area (Å²) in [6.07, 6.45) is 0. The summed E-state index contributed by atoms with van der Waals surface area (Å²) in [6, 6.07) is 5.19. The van der Waals surface area contributed by atoms with E-state index in [2.05, 4.69) is 10.6 Å². The van der Waals surface area contributed by atoms with Crippen molar-refractivity contribution in [2.45, 2.75) is 20.8 Å². The van der Waals surface area contributed by atoms with Crippen molar-refractivity contribution in [1.82, 2.24) is 5.32 Å². The number of amides is 2. The molecule has 0 saturated heterocycles. The van der Waals surface area contributed by atoms with Crippen LogP contribution in [0.1, 0.15) is 29.8 Å². The van der Waals surface area contributed by atoms with Crippen molar-refractivity contribution >= 4 is 17.5 Å². The van der Waals surface area contributed by atoms with Crippen LogP contribution in [0, 0.1) is 12.3 Å². The summed E-state index contributed by atoms with van der Waals surface area (Å²) < 4.78 is 0. The molecule has 1 aromatic rings. The van der Waals surface area contributed by atoms with Gasteiger partial charge in [0.1, 0.15) is 0 Å². The number of benzene rings is 1. The maximum absolute atomic E-state index is 12.1. The highest BCUT2D eigenvalue weighted by Gasteiger charge is 2.26. The number of carbonyl (C=O) groups is 2. The molecule has 104 valence electrons. The predicted molar refractivity (Wildman–Crippen MR) is 76.0 cm³/mol. The molecule has 0 atom stereocenters. The summed E-state index contributed by atoms with van der Waals surface area (Å²) in [7, 11) is 1.57. The fourth-order valence-electron chi connectivity index (χ4n) is 1.43. The first-order valence-corrected chi connectivity index (χ1v) is 6.16. The Morgan fingerprint density at radius 3 is 2.47 bits per heavy atom. The van der Waals surface area contributed by atoms with E-state index in [0.29, 0.717) is 11.3 Å². The molecule has 0 aromatic heterocycles. The van der Waals surface area contributed by atoms with E-state index in [4.69, 9.17) is 5.73 Å².